The quantitative estimate of drug-likeness (QED) is 0.606. The van der Waals surface area contributed by atoms with Crippen LogP contribution in [-0.4, -0.2) is 23.5 Å². The lowest BCUT2D eigenvalue weighted by Crippen LogP contribution is -2.48. The van der Waals surface area contributed by atoms with E-state index in [1.807, 2.05) is 13.8 Å². The summed E-state index contributed by atoms with van der Waals surface area (Å²) in [6.07, 6.45) is 0.778. The van der Waals surface area contributed by atoms with Crippen molar-refractivity contribution in [3.8, 4) is 0 Å². The predicted octanol–water partition coefficient (Wildman–Crippen LogP) is 2.44. The van der Waals surface area contributed by atoms with Crippen molar-refractivity contribution in [3.05, 3.63) is 12.2 Å². The Hall–Kier alpha value is -1.32. The molecule has 0 rings (SSSR count). The van der Waals surface area contributed by atoms with Crippen molar-refractivity contribution in [3.63, 3.8) is 0 Å². The second-order valence-corrected chi connectivity index (χ2v) is 5.65. The summed E-state index contributed by atoms with van der Waals surface area (Å²) in [4.78, 5) is 23.7. The third kappa shape index (κ3) is 5.84. The fourth-order valence-corrected chi connectivity index (χ4v) is 1.30. The largest absolute Gasteiger partial charge is 0.458 e. The fraction of sp³-hybridized carbons (Fsp3) is 0.714. The normalized spacial score (nSPS) is 14.6. The SMILES string of the molecule is C=C(C)C(=O)N[C@H](C(=O)OC(C)(C)C)[C@@H](C)CC. The van der Waals surface area contributed by atoms with Crippen LogP contribution in [0.1, 0.15) is 48.0 Å². The molecule has 0 aliphatic rings. The molecule has 0 saturated carbocycles. The molecule has 4 nitrogen and oxygen atoms in total. The number of rotatable bonds is 5. The maximum Gasteiger partial charge on any atom is 0.329 e. The number of esters is 1. The van der Waals surface area contributed by atoms with E-state index in [-0.39, 0.29) is 11.8 Å². The molecule has 0 saturated heterocycles. The van der Waals surface area contributed by atoms with Crippen molar-refractivity contribution in [2.75, 3.05) is 0 Å². The lowest BCUT2D eigenvalue weighted by molar-refractivity contribution is -0.160. The molecule has 1 N–H and O–H groups in total. The molecule has 104 valence electrons. The summed E-state index contributed by atoms with van der Waals surface area (Å²) in [6, 6.07) is -0.626. The molecular weight excluding hydrogens is 230 g/mol. The zero-order valence-corrected chi connectivity index (χ0v) is 12.3. The molecule has 0 aliphatic carbocycles. The summed E-state index contributed by atoms with van der Waals surface area (Å²) >= 11 is 0. The third-order valence-corrected chi connectivity index (χ3v) is 2.55. The van der Waals surface area contributed by atoms with Crippen molar-refractivity contribution < 1.29 is 14.3 Å². The monoisotopic (exact) mass is 255 g/mol. The summed E-state index contributed by atoms with van der Waals surface area (Å²) in [5.74, 6) is -0.694. The Morgan fingerprint density at radius 2 is 1.83 bits per heavy atom. The molecule has 4 heteroatoms. The smallest absolute Gasteiger partial charge is 0.329 e. The molecule has 1 amide bonds. The van der Waals surface area contributed by atoms with Crippen LogP contribution in [0.5, 0.6) is 0 Å². The van der Waals surface area contributed by atoms with Crippen LogP contribution in [-0.2, 0) is 14.3 Å². The van der Waals surface area contributed by atoms with Gasteiger partial charge in [0, 0.05) is 5.57 Å². The Morgan fingerprint density at radius 3 is 2.17 bits per heavy atom. The van der Waals surface area contributed by atoms with E-state index in [1.54, 1.807) is 27.7 Å². The number of ether oxygens (including phenoxy) is 1. The van der Waals surface area contributed by atoms with E-state index in [1.165, 1.54) is 0 Å². The van der Waals surface area contributed by atoms with E-state index in [0.29, 0.717) is 5.57 Å². The van der Waals surface area contributed by atoms with Gasteiger partial charge in [0.1, 0.15) is 11.6 Å². The predicted molar refractivity (Wildman–Crippen MR) is 72.0 cm³/mol. The minimum atomic E-state index is -0.626. The number of hydrogen-bond donors (Lipinski definition) is 1. The summed E-state index contributed by atoms with van der Waals surface area (Å²) in [6.45, 7) is 14.5. The van der Waals surface area contributed by atoms with E-state index >= 15 is 0 Å². The van der Waals surface area contributed by atoms with Crippen LogP contribution < -0.4 is 5.32 Å². The van der Waals surface area contributed by atoms with Crippen LogP contribution in [0.15, 0.2) is 12.2 Å². The Bertz CT molecular complexity index is 328. The maximum absolute atomic E-state index is 12.1. The van der Waals surface area contributed by atoms with Gasteiger partial charge >= 0.3 is 5.97 Å². The molecule has 18 heavy (non-hydrogen) atoms. The van der Waals surface area contributed by atoms with E-state index in [9.17, 15) is 9.59 Å². The van der Waals surface area contributed by atoms with Crippen molar-refractivity contribution in [1.82, 2.24) is 5.32 Å². The van der Waals surface area contributed by atoms with Gasteiger partial charge in [0.15, 0.2) is 0 Å². The molecule has 0 aliphatic heterocycles. The molecule has 0 aromatic rings. The molecular formula is C14H25NO3. The summed E-state index contributed by atoms with van der Waals surface area (Å²) in [5.41, 5.74) is -0.177. The van der Waals surface area contributed by atoms with Gasteiger partial charge in [0.25, 0.3) is 0 Å². The Labute approximate surface area is 110 Å². The average molecular weight is 255 g/mol. The molecule has 0 aromatic heterocycles. The first-order valence-corrected chi connectivity index (χ1v) is 6.27. The number of hydrogen-bond acceptors (Lipinski definition) is 3. The second-order valence-electron chi connectivity index (χ2n) is 5.65. The Balaban J connectivity index is 4.84. The van der Waals surface area contributed by atoms with Crippen molar-refractivity contribution >= 4 is 11.9 Å². The number of nitrogens with one attached hydrogen (secondary N) is 1. The van der Waals surface area contributed by atoms with Gasteiger partial charge in [0.2, 0.25) is 5.91 Å². The first-order valence-electron chi connectivity index (χ1n) is 6.27. The number of carbonyl (C=O) groups excluding carboxylic acids is 2. The molecule has 0 fully saturated rings. The van der Waals surface area contributed by atoms with Gasteiger partial charge in [-0.15, -0.1) is 0 Å². The number of carbonyl (C=O) groups is 2. The highest BCUT2D eigenvalue weighted by Gasteiger charge is 2.30. The minimum Gasteiger partial charge on any atom is -0.458 e. The van der Waals surface area contributed by atoms with E-state index in [2.05, 4.69) is 11.9 Å². The number of amides is 1. The van der Waals surface area contributed by atoms with Crippen LogP contribution in [0.25, 0.3) is 0 Å². The van der Waals surface area contributed by atoms with Crippen molar-refractivity contribution in [1.29, 1.82) is 0 Å². The highest BCUT2D eigenvalue weighted by molar-refractivity contribution is 5.95. The van der Waals surface area contributed by atoms with Crippen LogP contribution in [0, 0.1) is 5.92 Å². The van der Waals surface area contributed by atoms with Crippen molar-refractivity contribution in [2.24, 2.45) is 5.92 Å². The molecule has 0 radical (unpaired) electrons. The van der Waals surface area contributed by atoms with Gasteiger partial charge in [-0.2, -0.15) is 0 Å². The van der Waals surface area contributed by atoms with Gasteiger partial charge in [0.05, 0.1) is 0 Å². The summed E-state index contributed by atoms with van der Waals surface area (Å²) in [5, 5.41) is 2.68. The maximum atomic E-state index is 12.1. The highest BCUT2D eigenvalue weighted by Crippen LogP contribution is 2.15. The molecule has 0 heterocycles. The molecule has 0 spiro atoms. The van der Waals surface area contributed by atoms with E-state index < -0.39 is 17.6 Å². The second kappa shape index (κ2) is 6.57. The van der Waals surface area contributed by atoms with Crippen LogP contribution >= 0.6 is 0 Å². The Kier molecular flexibility index (Phi) is 6.09. The molecule has 0 aromatic carbocycles. The molecule has 0 bridgehead atoms. The lowest BCUT2D eigenvalue weighted by atomic mass is 9.98. The van der Waals surface area contributed by atoms with Crippen LogP contribution in [0.4, 0.5) is 0 Å². The van der Waals surface area contributed by atoms with Gasteiger partial charge in [-0.3, -0.25) is 4.79 Å². The highest BCUT2D eigenvalue weighted by atomic mass is 16.6. The summed E-state index contributed by atoms with van der Waals surface area (Å²) < 4.78 is 5.32. The van der Waals surface area contributed by atoms with Crippen molar-refractivity contribution in [2.45, 2.75) is 59.6 Å². The standard InChI is InChI=1S/C14H25NO3/c1-8-10(4)11(15-12(16)9(2)3)13(17)18-14(5,6)7/h10-11H,2,8H2,1,3-7H3,(H,15,16)/t10-,11-/m0/s1. The van der Waals surface area contributed by atoms with E-state index in [4.69, 9.17) is 4.74 Å². The van der Waals surface area contributed by atoms with Gasteiger partial charge in [-0.25, -0.2) is 4.79 Å². The average Bonchev–Trinajstić information content (AvgIpc) is 2.21. The zero-order chi connectivity index (χ0) is 14.5. The lowest BCUT2D eigenvalue weighted by Gasteiger charge is -2.27. The van der Waals surface area contributed by atoms with Crippen LogP contribution in [0.3, 0.4) is 0 Å². The van der Waals surface area contributed by atoms with Gasteiger partial charge < -0.3 is 10.1 Å². The van der Waals surface area contributed by atoms with Crippen LogP contribution in [0.2, 0.25) is 0 Å². The van der Waals surface area contributed by atoms with E-state index in [0.717, 1.165) is 6.42 Å². The first-order chi connectivity index (χ1) is 8.08. The molecule has 0 unspecified atom stereocenters. The molecule has 2 atom stereocenters. The summed E-state index contributed by atoms with van der Waals surface area (Å²) in [7, 11) is 0. The van der Waals surface area contributed by atoms with Gasteiger partial charge in [-0.05, 0) is 33.6 Å². The zero-order valence-electron chi connectivity index (χ0n) is 12.3. The minimum absolute atomic E-state index is 0.0168. The van der Waals surface area contributed by atoms with Gasteiger partial charge in [-0.1, -0.05) is 26.8 Å². The topological polar surface area (TPSA) is 55.4 Å². The first kappa shape index (κ1) is 16.7. The third-order valence-electron chi connectivity index (χ3n) is 2.55. The Morgan fingerprint density at radius 1 is 1.33 bits per heavy atom. The fourth-order valence-electron chi connectivity index (χ4n) is 1.30.